The molecule has 1 aromatic carbocycles. The van der Waals surface area contributed by atoms with Crippen molar-refractivity contribution in [3.63, 3.8) is 0 Å². The maximum absolute atomic E-state index is 8.80. The summed E-state index contributed by atoms with van der Waals surface area (Å²) >= 11 is 0. The Hall–Kier alpha value is -2.41. The van der Waals surface area contributed by atoms with Crippen molar-refractivity contribution in [1.82, 2.24) is 9.97 Å². The zero-order valence-corrected chi connectivity index (χ0v) is 10.7. The van der Waals surface area contributed by atoms with Gasteiger partial charge in [-0.2, -0.15) is 5.26 Å². The molecule has 4 heteroatoms. The molecule has 0 bridgehead atoms. The summed E-state index contributed by atoms with van der Waals surface area (Å²) in [5.41, 5.74) is 5.06. The molecule has 0 spiro atoms. The van der Waals surface area contributed by atoms with E-state index in [0.717, 1.165) is 5.69 Å². The molecule has 0 saturated heterocycles. The van der Waals surface area contributed by atoms with E-state index in [4.69, 9.17) is 5.26 Å². The number of hydrogen-bond acceptors (Lipinski definition) is 4. The summed E-state index contributed by atoms with van der Waals surface area (Å²) in [6.07, 6.45) is 1.39. The quantitative estimate of drug-likeness (QED) is 0.873. The minimum atomic E-state index is 0.356. The third-order valence-electron chi connectivity index (χ3n) is 3.10. The Morgan fingerprint density at radius 2 is 1.89 bits per heavy atom. The van der Waals surface area contributed by atoms with Crippen LogP contribution in [0, 0.1) is 32.1 Å². The van der Waals surface area contributed by atoms with E-state index in [0.29, 0.717) is 11.5 Å². The zero-order valence-electron chi connectivity index (χ0n) is 10.7. The second kappa shape index (κ2) is 4.84. The van der Waals surface area contributed by atoms with E-state index in [1.165, 1.54) is 23.0 Å². The van der Waals surface area contributed by atoms with E-state index >= 15 is 0 Å². The Kier molecular flexibility index (Phi) is 3.24. The van der Waals surface area contributed by atoms with Crippen molar-refractivity contribution in [1.29, 1.82) is 5.26 Å². The summed E-state index contributed by atoms with van der Waals surface area (Å²) in [6.45, 7) is 6.25. The van der Waals surface area contributed by atoms with Gasteiger partial charge in [-0.1, -0.05) is 6.07 Å². The highest BCUT2D eigenvalue weighted by Crippen LogP contribution is 2.24. The van der Waals surface area contributed by atoms with E-state index in [1.807, 2.05) is 12.1 Å². The molecule has 0 atom stereocenters. The van der Waals surface area contributed by atoms with Crippen LogP contribution in [0.25, 0.3) is 0 Å². The van der Waals surface area contributed by atoms with Crippen molar-refractivity contribution in [2.24, 2.45) is 0 Å². The first-order chi connectivity index (χ1) is 8.61. The molecule has 0 aliphatic heterocycles. The molecule has 2 aromatic rings. The zero-order chi connectivity index (χ0) is 13.1. The van der Waals surface area contributed by atoms with E-state index in [1.54, 1.807) is 6.07 Å². The topological polar surface area (TPSA) is 61.6 Å². The lowest BCUT2D eigenvalue weighted by Gasteiger charge is -2.12. The van der Waals surface area contributed by atoms with Crippen LogP contribution in [0.1, 0.15) is 22.4 Å². The highest BCUT2D eigenvalue weighted by atomic mass is 15.0. The molecule has 4 nitrogen and oxygen atoms in total. The van der Waals surface area contributed by atoms with Crippen LogP contribution in [0.3, 0.4) is 0 Å². The van der Waals surface area contributed by atoms with Gasteiger partial charge < -0.3 is 5.32 Å². The Labute approximate surface area is 106 Å². The third-order valence-corrected chi connectivity index (χ3v) is 3.10. The second-order valence-corrected chi connectivity index (χ2v) is 4.21. The number of nitriles is 1. The minimum Gasteiger partial charge on any atom is -0.340 e. The molecule has 1 aromatic heterocycles. The van der Waals surface area contributed by atoms with Crippen molar-refractivity contribution in [3.8, 4) is 6.07 Å². The predicted octanol–water partition coefficient (Wildman–Crippen LogP) is 3.02. The number of anilines is 2. The summed E-state index contributed by atoms with van der Waals surface area (Å²) < 4.78 is 0. The maximum atomic E-state index is 8.80. The van der Waals surface area contributed by atoms with E-state index < -0.39 is 0 Å². The van der Waals surface area contributed by atoms with Crippen LogP contribution in [-0.4, -0.2) is 9.97 Å². The molecule has 2 rings (SSSR count). The molecule has 0 fully saturated rings. The summed E-state index contributed by atoms with van der Waals surface area (Å²) in [6, 6.07) is 7.72. The Morgan fingerprint density at radius 1 is 1.11 bits per heavy atom. The SMILES string of the molecule is Cc1ccc(Nc2cc(C#N)ncn2)c(C)c1C. The molecule has 0 radical (unpaired) electrons. The van der Waals surface area contributed by atoms with Gasteiger partial charge in [-0.3, -0.25) is 0 Å². The fourth-order valence-electron chi connectivity index (χ4n) is 1.72. The van der Waals surface area contributed by atoms with Crippen molar-refractivity contribution in [2.75, 3.05) is 5.32 Å². The standard InChI is InChI=1S/C14H14N4/c1-9-4-5-13(11(3)10(9)2)18-14-6-12(7-15)16-8-17-14/h4-6,8H,1-3H3,(H,16,17,18). The first-order valence-electron chi connectivity index (χ1n) is 5.68. The first kappa shape index (κ1) is 12.1. The van der Waals surface area contributed by atoms with Gasteiger partial charge in [0.1, 0.15) is 23.9 Å². The Balaban J connectivity index is 2.35. The Bertz CT molecular complexity index is 626. The summed E-state index contributed by atoms with van der Waals surface area (Å²) in [5.74, 6) is 0.632. The molecule has 0 saturated carbocycles. The van der Waals surface area contributed by atoms with Gasteiger partial charge in [-0.15, -0.1) is 0 Å². The van der Waals surface area contributed by atoms with Crippen molar-refractivity contribution in [2.45, 2.75) is 20.8 Å². The summed E-state index contributed by atoms with van der Waals surface area (Å²) in [4.78, 5) is 7.94. The van der Waals surface area contributed by atoms with Crippen LogP contribution in [0.2, 0.25) is 0 Å². The van der Waals surface area contributed by atoms with Crippen LogP contribution in [0.5, 0.6) is 0 Å². The summed E-state index contributed by atoms with van der Waals surface area (Å²) in [5, 5.41) is 12.0. The lowest BCUT2D eigenvalue weighted by molar-refractivity contribution is 1.14. The molecule has 0 amide bonds. The molecular weight excluding hydrogens is 224 g/mol. The van der Waals surface area contributed by atoms with Gasteiger partial charge in [0.25, 0.3) is 0 Å². The molecular formula is C14H14N4. The van der Waals surface area contributed by atoms with Crippen molar-refractivity contribution >= 4 is 11.5 Å². The van der Waals surface area contributed by atoms with Crippen LogP contribution >= 0.6 is 0 Å². The molecule has 0 unspecified atom stereocenters. The maximum Gasteiger partial charge on any atom is 0.145 e. The Morgan fingerprint density at radius 3 is 2.61 bits per heavy atom. The molecule has 1 N–H and O–H groups in total. The van der Waals surface area contributed by atoms with E-state index in [2.05, 4.69) is 42.1 Å². The van der Waals surface area contributed by atoms with E-state index in [-0.39, 0.29) is 0 Å². The van der Waals surface area contributed by atoms with Gasteiger partial charge in [0.2, 0.25) is 0 Å². The van der Waals surface area contributed by atoms with Gasteiger partial charge in [0, 0.05) is 11.8 Å². The lowest BCUT2D eigenvalue weighted by Crippen LogP contribution is -1.99. The number of rotatable bonds is 2. The average Bonchev–Trinajstić information content (AvgIpc) is 2.40. The fraction of sp³-hybridized carbons (Fsp3) is 0.214. The smallest absolute Gasteiger partial charge is 0.145 e. The lowest BCUT2D eigenvalue weighted by atomic mass is 10.0. The van der Waals surface area contributed by atoms with Gasteiger partial charge in [0.15, 0.2) is 0 Å². The molecule has 1 heterocycles. The summed E-state index contributed by atoms with van der Waals surface area (Å²) in [7, 11) is 0. The van der Waals surface area contributed by atoms with Crippen LogP contribution < -0.4 is 5.32 Å². The van der Waals surface area contributed by atoms with Gasteiger partial charge in [-0.05, 0) is 43.5 Å². The molecule has 90 valence electrons. The predicted molar refractivity (Wildman–Crippen MR) is 70.7 cm³/mol. The molecule has 0 aliphatic rings. The number of hydrogen-bond donors (Lipinski definition) is 1. The van der Waals surface area contributed by atoms with Crippen LogP contribution in [-0.2, 0) is 0 Å². The molecule has 0 aliphatic carbocycles. The van der Waals surface area contributed by atoms with Gasteiger partial charge in [-0.25, -0.2) is 9.97 Å². The van der Waals surface area contributed by atoms with Crippen LogP contribution in [0.4, 0.5) is 11.5 Å². The average molecular weight is 238 g/mol. The number of aryl methyl sites for hydroxylation is 1. The van der Waals surface area contributed by atoms with Gasteiger partial charge >= 0.3 is 0 Å². The number of nitrogens with one attached hydrogen (secondary N) is 1. The normalized spacial score (nSPS) is 9.89. The largest absolute Gasteiger partial charge is 0.340 e. The van der Waals surface area contributed by atoms with Crippen molar-refractivity contribution in [3.05, 3.63) is 46.9 Å². The third kappa shape index (κ3) is 2.30. The first-order valence-corrected chi connectivity index (χ1v) is 5.68. The number of benzene rings is 1. The van der Waals surface area contributed by atoms with E-state index in [9.17, 15) is 0 Å². The van der Waals surface area contributed by atoms with Gasteiger partial charge in [0.05, 0.1) is 0 Å². The fourth-order valence-corrected chi connectivity index (χ4v) is 1.72. The highest BCUT2D eigenvalue weighted by molar-refractivity contribution is 5.63. The van der Waals surface area contributed by atoms with Crippen LogP contribution in [0.15, 0.2) is 24.5 Å². The monoisotopic (exact) mass is 238 g/mol. The molecule has 18 heavy (non-hydrogen) atoms. The van der Waals surface area contributed by atoms with Crippen molar-refractivity contribution < 1.29 is 0 Å². The minimum absolute atomic E-state index is 0.356. The number of aromatic nitrogens is 2. The second-order valence-electron chi connectivity index (χ2n) is 4.21. The highest BCUT2D eigenvalue weighted by Gasteiger charge is 2.05. The number of nitrogens with zero attached hydrogens (tertiary/aromatic N) is 3.